The van der Waals surface area contributed by atoms with Crippen LogP contribution < -0.4 is 5.32 Å². The summed E-state index contributed by atoms with van der Waals surface area (Å²) in [5, 5.41) is 10.2. The van der Waals surface area contributed by atoms with Crippen molar-refractivity contribution in [3.63, 3.8) is 0 Å². The summed E-state index contributed by atoms with van der Waals surface area (Å²) in [4.78, 5) is 22.1. The molecule has 2 aromatic carbocycles. The average Bonchev–Trinajstić information content (AvgIpc) is 2.72. The van der Waals surface area contributed by atoms with Gasteiger partial charge in [-0.05, 0) is 64.9 Å². The monoisotopic (exact) mass is 533 g/mol. The molecular formula is C20H19F3IN3O3. The Kier molecular flexibility index (Phi) is 8.21. The summed E-state index contributed by atoms with van der Waals surface area (Å²) in [6.45, 7) is 1.61. The predicted octanol–water partition coefficient (Wildman–Crippen LogP) is 4.35. The number of hydrogen-bond acceptors (Lipinski definition) is 5. The summed E-state index contributed by atoms with van der Waals surface area (Å²) in [6.07, 6.45) is -4.43. The van der Waals surface area contributed by atoms with Gasteiger partial charge in [-0.1, -0.05) is 28.5 Å². The van der Waals surface area contributed by atoms with E-state index in [1.54, 1.807) is 25.1 Å². The van der Waals surface area contributed by atoms with E-state index < -0.39 is 17.6 Å². The molecule has 0 bridgehead atoms. The molecule has 0 aliphatic carbocycles. The first-order valence-corrected chi connectivity index (χ1v) is 9.71. The van der Waals surface area contributed by atoms with Gasteiger partial charge in [0.2, 0.25) is 0 Å². The minimum absolute atomic E-state index is 0.0498. The fourth-order valence-corrected chi connectivity index (χ4v) is 3.03. The third-order valence-corrected chi connectivity index (χ3v) is 4.89. The molecule has 0 radical (unpaired) electrons. The molecule has 10 heteroatoms. The topological polar surface area (TPSA) is 72.3 Å². The summed E-state index contributed by atoms with van der Waals surface area (Å²) in [5.74, 6) is -0.411. The van der Waals surface area contributed by atoms with Gasteiger partial charge in [0.1, 0.15) is 13.7 Å². The highest BCUT2D eigenvalue weighted by Crippen LogP contribution is 2.29. The Labute approximate surface area is 185 Å². The largest absolute Gasteiger partial charge is 0.416 e. The van der Waals surface area contributed by atoms with Crippen molar-refractivity contribution in [1.82, 2.24) is 5.32 Å². The third kappa shape index (κ3) is 6.18. The highest BCUT2D eigenvalue weighted by molar-refractivity contribution is 14.1. The van der Waals surface area contributed by atoms with Gasteiger partial charge in [-0.3, -0.25) is 4.79 Å². The number of halogens is 4. The Balaban J connectivity index is 2.18. The van der Waals surface area contributed by atoms with Crippen molar-refractivity contribution in [2.24, 2.45) is 10.3 Å². The number of nitrogens with one attached hydrogen (secondary N) is 1. The lowest BCUT2D eigenvalue weighted by molar-refractivity contribution is -0.137. The van der Waals surface area contributed by atoms with Crippen molar-refractivity contribution in [1.29, 1.82) is 0 Å². The van der Waals surface area contributed by atoms with E-state index in [1.165, 1.54) is 26.3 Å². The Hall–Kier alpha value is -2.63. The van der Waals surface area contributed by atoms with E-state index in [2.05, 4.69) is 38.2 Å². The number of oxime groups is 2. The smallest absolute Gasteiger partial charge is 0.398 e. The summed E-state index contributed by atoms with van der Waals surface area (Å²) in [6, 6.07) is 10.1. The Morgan fingerprint density at radius 2 is 1.90 bits per heavy atom. The predicted molar refractivity (Wildman–Crippen MR) is 115 cm³/mol. The number of carbonyl (C=O) groups is 1. The van der Waals surface area contributed by atoms with Crippen LogP contribution in [0.2, 0.25) is 0 Å². The highest BCUT2D eigenvalue weighted by atomic mass is 127. The first kappa shape index (κ1) is 23.6. The molecule has 0 unspecified atom stereocenters. The molecule has 0 fully saturated rings. The molecule has 160 valence electrons. The molecule has 6 nitrogen and oxygen atoms in total. The standard InChI is InChI=1S/C20H19F3IN3O3/c1-12(14-5-4-6-15(10-14)20(21,22)23)26-30-11-13-7-8-17(24)16(9-13)18(27-29-3)19(28)25-2/h4-10H,11H2,1-3H3,(H,25,28)/b26-12+,27-18+. The second-order valence-electron chi connectivity index (χ2n) is 6.04. The molecule has 0 saturated heterocycles. The number of rotatable bonds is 7. The quantitative estimate of drug-likeness (QED) is 0.327. The number of carbonyl (C=O) groups excluding carboxylic acids is 1. The lowest BCUT2D eigenvalue weighted by atomic mass is 10.1. The van der Waals surface area contributed by atoms with Gasteiger partial charge >= 0.3 is 6.18 Å². The van der Waals surface area contributed by atoms with E-state index in [-0.39, 0.29) is 12.3 Å². The second-order valence-corrected chi connectivity index (χ2v) is 7.21. The van der Waals surface area contributed by atoms with E-state index in [0.29, 0.717) is 22.4 Å². The molecule has 2 rings (SSSR count). The zero-order valence-corrected chi connectivity index (χ0v) is 18.5. The van der Waals surface area contributed by atoms with Crippen LogP contribution in [-0.2, 0) is 27.3 Å². The molecule has 1 N–H and O–H groups in total. The van der Waals surface area contributed by atoms with E-state index in [0.717, 1.165) is 15.7 Å². The fourth-order valence-electron chi connectivity index (χ4n) is 2.44. The van der Waals surface area contributed by atoms with Crippen molar-refractivity contribution in [2.45, 2.75) is 19.7 Å². The number of amides is 1. The molecular weight excluding hydrogens is 514 g/mol. The summed E-state index contributed by atoms with van der Waals surface area (Å²) >= 11 is 2.07. The van der Waals surface area contributed by atoms with Gasteiger partial charge in [-0.25, -0.2) is 0 Å². The molecule has 2 aromatic rings. The van der Waals surface area contributed by atoms with Crippen molar-refractivity contribution in [3.05, 3.63) is 68.3 Å². The summed E-state index contributed by atoms with van der Waals surface area (Å²) < 4.78 is 39.4. The van der Waals surface area contributed by atoms with Crippen LogP contribution in [0.4, 0.5) is 13.2 Å². The average molecular weight is 533 g/mol. The third-order valence-electron chi connectivity index (χ3n) is 3.95. The number of alkyl halides is 3. The first-order valence-electron chi connectivity index (χ1n) is 8.63. The van der Waals surface area contributed by atoms with Gasteiger partial charge in [0, 0.05) is 16.2 Å². The number of benzene rings is 2. The molecule has 0 heterocycles. The van der Waals surface area contributed by atoms with E-state index in [4.69, 9.17) is 9.68 Å². The molecule has 0 atom stereocenters. The molecule has 0 saturated carbocycles. The van der Waals surface area contributed by atoms with Crippen LogP contribution in [0.15, 0.2) is 52.8 Å². The summed E-state index contributed by atoms with van der Waals surface area (Å²) in [7, 11) is 2.83. The number of hydrogen-bond donors (Lipinski definition) is 1. The maximum absolute atomic E-state index is 12.9. The molecule has 0 aromatic heterocycles. The van der Waals surface area contributed by atoms with Crippen molar-refractivity contribution in [2.75, 3.05) is 14.2 Å². The first-order chi connectivity index (χ1) is 14.2. The van der Waals surface area contributed by atoms with Crippen molar-refractivity contribution in [3.8, 4) is 0 Å². The van der Waals surface area contributed by atoms with Crippen LogP contribution in [0.5, 0.6) is 0 Å². The minimum atomic E-state index is -4.43. The van der Waals surface area contributed by atoms with Crippen LogP contribution in [0.1, 0.15) is 29.2 Å². The van der Waals surface area contributed by atoms with Crippen LogP contribution >= 0.6 is 22.6 Å². The lowest BCUT2D eigenvalue weighted by Gasteiger charge is -2.10. The number of likely N-dealkylation sites (N-methyl/N-ethyl adjacent to an activating group) is 1. The zero-order valence-electron chi connectivity index (χ0n) is 16.4. The second kappa shape index (κ2) is 10.4. The summed E-state index contributed by atoms with van der Waals surface area (Å²) in [5.41, 5.74) is 1.21. The maximum atomic E-state index is 12.9. The molecule has 0 spiro atoms. The number of nitrogens with zero attached hydrogens (tertiary/aromatic N) is 2. The zero-order chi connectivity index (χ0) is 22.3. The molecule has 0 aliphatic rings. The van der Waals surface area contributed by atoms with E-state index >= 15 is 0 Å². The van der Waals surface area contributed by atoms with Gasteiger partial charge in [0.15, 0.2) is 5.71 Å². The molecule has 0 aliphatic heterocycles. The highest BCUT2D eigenvalue weighted by Gasteiger charge is 2.30. The lowest BCUT2D eigenvalue weighted by Crippen LogP contribution is -2.29. The van der Waals surface area contributed by atoms with Crippen LogP contribution in [0, 0.1) is 3.57 Å². The SMILES string of the molecule is CNC(=O)/C(=N/OC)c1cc(CO/N=C(\C)c2cccc(C(F)(F)F)c2)ccc1I. The van der Waals surface area contributed by atoms with Crippen LogP contribution in [0.3, 0.4) is 0 Å². The van der Waals surface area contributed by atoms with Crippen LogP contribution in [-0.4, -0.2) is 31.5 Å². The van der Waals surface area contributed by atoms with Gasteiger partial charge in [-0.15, -0.1) is 0 Å². The van der Waals surface area contributed by atoms with Crippen LogP contribution in [0.25, 0.3) is 0 Å². The maximum Gasteiger partial charge on any atom is 0.416 e. The molecule has 1 amide bonds. The van der Waals surface area contributed by atoms with E-state index in [1.807, 2.05) is 0 Å². The van der Waals surface area contributed by atoms with Gasteiger partial charge in [-0.2, -0.15) is 13.2 Å². The fraction of sp³-hybridized carbons (Fsp3) is 0.250. The minimum Gasteiger partial charge on any atom is -0.398 e. The normalized spacial score (nSPS) is 12.5. The Bertz CT molecular complexity index is 975. The van der Waals surface area contributed by atoms with Crippen molar-refractivity contribution >= 4 is 39.9 Å². The van der Waals surface area contributed by atoms with Crippen molar-refractivity contribution < 1.29 is 27.6 Å². The Morgan fingerprint density at radius 3 is 2.53 bits per heavy atom. The van der Waals surface area contributed by atoms with Gasteiger partial charge in [0.05, 0.1) is 11.3 Å². The molecule has 30 heavy (non-hydrogen) atoms. The van der Waals surface area contributed by atoms with E-state index in [9.17, 15) is 18.0 Å². The Morgan fingerprint density at radius 1 is 1.17 bits per heavy atom. The van der Waals surface area contributed by atoms with Gasteiger partial charge in [0.25, 0.3) is 5.91 Å². The van der Waals surface area contributed by atoms with Gasteiger partial charge < -0.3 is 15.0 Å².